The lowest BCUT2D eigenvalue weighted by Gasteiger charge is -2.01. The van der Waals surface area contributed by atoms with Crippen molar-refractivity contribution < 1.29 is 19.4 Å². The first-order valence-corrected chi connectivity index (χ1v) is 10.5. The number of hydrogen-bond acceptors (Lipinski definition) is 4. The van der Waals surface area contributed by atoms with E-state index in [0.717, 1.165) is 33.4 Å². The molecule has 0 spiro atoms. The second-order valence-corrected chi connectivity index (χ2v) is 7.70. The highest BCUT2D eigenvalue weighted by molar-refractivity contribution is 5.96. The zero-order chi connectivity index (χ0) is 22.7. The summed E-state index contributed by atoms with van der Waals surface area (Å²) in [5, 5.41) is 14.5. The van der Waals surface area contributed by atoms with Crippen molar-refractivity contribution in [3.05, 3.63) is 77.1 Å². The molecule has 164 valence electrons. The first-order valence-electron chi connectivity index (χ1n) is 10.5. The summed E-state index contributed by atoms with van der Waals surface area (Å²) in [5.41, 5.74) is 5.49. The molecule has 0 fully saturated rings. The number of rotatable bonds is 9. The smallest absolute Gasteiger partial charge is 0.335 e. The van der Waals surface area contributed by atoms with Crippen molar-refractivity contribution >= 4 is 22.7 Å². The zero-order valence-corrected chi connectivity index (χ0v) is 18.1. The van der Waals surface area contributed by atoms with Crippen LogP contribution in [0.2, 0.25) is 0 Å². The van der Waals surface area contributed by atoms with Gasteiger partial charge in [0.05, 0.1) is 17.9 Å². The third kappa shape index (κ3) is 4.63. The topological polar surface area (TPSA) is 97.2 Å². The second kappa shape index (κ2) is 9.20. The van der Waals surface area contributed by atoms with Gasteiger partial charge < -0.3 is 14.8 Å². The fraction of sp³-hybridized carbons (Fsp3) is 0.240. The van der Waals surface area contributed by atoms with Crippen molar-refractivity contribution in [1.29, 1.82) is 0 Å². The number of carboxylic acids is 1. The number of benzene rings is 2. The molecule has 0 saturated heterocycles. The van der Waals surface area contributed by atoms with Gasteiger partial charge in [-0.25, -0.2) is 4.79 Å². The summed E-state index contributed by atoms with van der Waals surface area (Å²) in [4.78, 5) is 27.0. The lowest BCUT2D eigenvalue weighted by Crippen LogP contribution is -2.03. The Morgan fingerprint density at radius 1 is 1.09 bits per heavy atom. The molecule has 0 aliphatic rings. The van der Waals surface area contributed by atoms with Crippen LogP contribution >= 0.6 is 0 Å². The maximum Gasteiger partial charge on any atom is 0.335 e. The Labute approximate surface area is 185 Å². The molecule has 7 nitrogen and oxygen atoms in total. The Morgan fingerprint density at radius 2 is 1.88 bits per heavy atom. The number of nitrogens with one attached hydrogen (secondary N) is 1. The van der Waals surface area contributed by atoms with Gasteiger partial charge in [0.25, 0.3) is 0 Å². The highest BCUT2D eigenvalue weighted by atomic mass is 16.5. The summed E-state index contributed by atoms with van der Waals surface area (Å²) >= 11 is 0. The van der Waals surface area contributed by atoms with Gasteiger partial charge in [0.15, 0.2) is 5.78 Å². The zero-order valence-electron chi connectivity index (χ0n) is 18.1. The van der Waals surface area contributed by atoms with Crippen LogP contribution in [0.3, 0.4) is 0 Å². The normalized spacial score (nSPS) is 11.2. The average molecular weight is 431 g/mol. The summed E-state index contributed by atoms with van der Waals surface area (Å²) in [7, 11) is 1.83. The van der Waals surface area contributed by atoms with Gasteiger partial charge in [-0.15, -0.1) is 0 Å². The molecule has 0 bridgehead atoms. The van der Waals surface area contributed by atoms with Crippen molar-refractivity contribution in [3.8, 4) is 11.3 Å². The molecule has 7 heteroatoms. The van der Waals surface area contributed by atoms with E-state index >= 15 is 0 Å². The van der Waals surface area contributed by atoms with Gasteiger partial charge in [0, 0.05) is 42.2 Å². The minimum absolute atomic E-state index is 0.0455. The van der Waals surface area contributed by atoms with Crippen LogP contribution < -0.4 is 0 Å². The number of ether oxygens (including phenoxy) is 1. The monoisotopic (exact) mass is 431 g/mol. The molecule has 2 heterocycles. The molecule has 4 aromatic rings. The molecule has 0 unspecified atom stereocenters. The number of carbonyl (C=O) groups excluding carboxylic acids is 1. The third-order valence-corrected chi connectivity index (χ3v) is 5.44. The largest absolute Gasteiger partial charge is 0.478 e. The Balaban J connectivity index is 1.48. The van der Waals surface area contributed by atoms with Gasteiger partial charge in [0.2, 0.25) is 0 Å². The molecule has 0 atom stereocenters. The molecule has 0 saturated carbocycles. The van der Waals surface area contributed by atoms with Crippen LogP contribution in [0, 0.1) is 0 Å². The van der Waals surface area contributed by atoms with Crippen molar-refractivity contribution in [3.63, 3.8) is 0 Å². The second-order valence-electron chi connectivity index (χ2n) is 7.70. The van der Waals surface area contributed by atoms with E-state index in [0.29, 0.717) is 31.7 Å². The first-order chi connectivity index (χ1) is 15.4. The number of nitrogens with zero attached hydrogens (tertiary/aromatic N) is 2. The highest BCUT2D eigenvalue weighted by Crippen LogP contribution is 2.26. The van der Waals surface area contributed by atoms with E-state index in [1.54, 1.807) is 28.9 Å². The molecule has 2 aromatic heterocycles. The summed E-state index contributed by atoms with van der Waals surface area (Å²) in [6, 6.07) is 16.6. The van der Waals surface area contributed by atoms with Crippen LogP contribution in [0.1, 0.15) is 45.4 Å². The van der Waals surface area contributed by atoms with Gasteiger partial charge in [0.1, 0.15) is 5.69 Å². The van der Waals surface area contributed by atoms with E-state index in [9.17, 15) is 9.59 Å². The molecule has 4 rings (SSSR count). The standard InChI is InChI=1S/C25H25N3O4/c1-3-32-15-20-13-19-12-18(9-10-21(19)26-20)23-14-22(27-28(23)2)24(29)11-6-16-4-7-17(8-5-16)25(30)31/h4-5,7-10,12-14,26H,3,6,11,15H2,1-2H3,(H,30,31). The van der Waals surface area contributed by atoms with E-state index in [1.165, 1.54) is 0 Å². The minimum atomic E-state index is -0.961. The number of Topliss-reactive ketones (excluding diaryl/α,β-unsaturated/α-hetero) is 1. The predicted molar refractivity (Wildman–Crippen MR) is 122 cm³/mol. The first kappa shape index (κ1) is 21.5. The number of carboxylic acid groups (broad SMARTS) is 1. The van der Waals surface area contributed by atoms with Gasteiger partial charge in [-0.1, -0.05) is 18.2 Å². The number of fused-ring (bicyclic) bond motifs is 1. The Bertz CT molecular complexity index is 1270. The van der Waals surface area contributed by atoms with Gasteiger partial charge in [-0.2, -0.15) is 5.10 Å². The SMILES string of the molecule is CCOCc1cc2cc(-c3cc(C(=O)CCc4ccc(C(=O)O)cc4)nn3C)ccc2[nH]1. The van der Waals surface area contributed by atoms with Crippen molar-refractivity contribution in [2.45, 2.75) is 26.4 Å². The number of aryl methyl sites for hydroxylation is 2. The maximum atomic E-state index is 12.7. The fourth-order valence-electron chi connectivity index (χ4n) is 3.72. The van der Waals surface area contributed by atoms with Crippen LogP contribution in [0.5, 0.6) is 0 Å². The Hall–Kier alpha value is -3.71. The minimum Gasteiger partial charge on any atom is -0.478 e. The molecule has 32 heavy (non-hydrogen) atoms. The molecular formula is C25H25N3O4. The van der Waals surface area contributed by atoms with Crippen molar-refractivity contribution in [2.24, 2.45) is 7.05 Å². The van der Waals surface area contributed by atoms with E-state index < -0.39 is 5.97 Å². The van der Waals surface area contributed by atoms with Crippen LogP contribution in [0.4, 0.5) is 0 Å². The van der Waals surface area contributed by atoms with Crippen LogP contribution in [-0.2, 0) is 24.8 Å². The van der Waals surface area contributed by atoms with Crippen LogP contribution in [-0.4, -0.2) is 38.2 Å². The summed E-state index contributed by atoms with van der Waals surface area (Å²) in [6.07, 6.45) is 0.836. The summed E-state index contributed by atoms with van der Waals surface area (Å²) in [6.45, 7) is 3.18. The average Bonchev–Trinajstić information content (AvgIpc) is 3.38. The fourth-order valence-corrected chi connectivity index (χ4v) is 3.72. The lowest BCUT2D eigenvalue weighted by molar-refractivity contribution is 0.0696. The molecule has 0 aliphatic heterocycles. The lowest BCUT2D eigenvalue weighted by atomic mass is 10.0. The molecule has 0 radical (unpaired) electrons. The van der Waals surface area contributed by atoms with Gasteiger partial charge in [-0.3, -0.25) is 9.48 Å². The quantitative estimate of drug-likeness (QED) is 0.377. The molecule has 2 N–H and O–H groups in total. The predicted octanol–water partition coefficient (Wildman–Crippen LogP) is 4.62. The number of H-pyrrole nitrogens is 1. The van der Waals surface area contributed by atoms with E-state index in [4.69, 9.17) is 9.84 Å². The molecule has 0 aliphatic carbocycles. The summed E-state index contributed by atoms with van der Waals surface area (Å²) in [5.74, 6) is -1.01. The van der Waals surface area contributed by atoms with E-state index in [1.807, 2.05) is 32.2 Å². The highest BCUT2D eigenvalue weighted by Gasteiger charge is 2.15. The Kier molecular flexibility index (Phi) is 6.18. The number of aromatic nitrogens is 3. The van der Waals surface area contributed by atoms with Crippen molar-refractivity contribution in [1.82, 2.24) is 14.8 Å². The maximum absolute atomic E-state index is 12.7. The van der Waals surface area contributed by atoms with Gasteiger partial charge >= 0.3 is 5.97 Å². The Morgan fingerprint density at radius 3 is 2.59 bits per heavy atom. The van der Waals surface area contributed by atoms with Crippen molar-refractivity contribution in [2.75, 3.05) is 6.61 Å². The molecule has 0 amide bonds. The number of ketones is 1. The molecular weight excluding hydrogens is 406 g/mol. The third-order valence-electron chi connectivity index (χ3n) is 5.44. The summed E-state index contributed by atoms with van der Waals surface area (Å²) < 4.78 is 7.20. The number of carbonyl (C=O) groups is 2. The van der Waals surface area contributed by atoms with E-state index in [-0.39, 0.29) is 11.3 Å². The number of aromatic amines is 1. The number of hydrogen-bond donors (Lipinski definition) is 2. The van der Waals surface area contributed by atoms with E-state index in [2.05, 4.69) is 22.2 Å². The molecule has 2 aromatic carbocycles. The van der Waals surface area contributed by atoms with Crippen LogP contribution in [0.15, 0.2) is 54.6 Å². The van der Waals surface area contributed by atoms with Gasteiger partial charge in [-0.05, 0) is 55.3 Å². The number of aromatic carboxylic acids is 1. The van der Waals surface area contributed by atoms with Crippen LogP contribution in [0.25, 0.3) is 22.2 Å².